The van der Waals surface area contributed by atoms with Crippen molar-refractivity contribution in [1.29, 1.82) is 0 Å². The van der Waals surface area contributed by atoms with Crippen LogP contribution in [0.5, 0.6) is 0 Å². The Balaban J connectivity index is 2.32. The SMILES string of the molecule is CCn1c(-c2sc(N)nc2C)nc2ccc(Cl)cc21. The summed E-state index contributed by atoms with van der Waals surface area (Å²) in [6.45, 7) is 4.86. The molecule has 0 bridgehead atoms. The number of thiazole rings is 1. The molecule has 0 aliphatic heterocycles. The van der Waals surface area contributed by atoms with Crippen molar-refractivity contribution < 1.29 is 0 Å². The van der Waals surface area contributed by atoms with Gasteiger partial charge in [0.2, 0.25) is 0 Å². The van der Waals surface area contributed by atoms with Crippen molar-refractivity contribution in [3.05, 3.63) is 28.9 Å². The maximum Gasteiger partial charge on any atom is 0.180 e. The summed E-state index contributed by atoms with van der Waals surface area (Å²) in [5.41, 5.74) is 8.67. The standard InChI is InChI=1S/C13H13ClN4S/c1-3-18-10-6-8(14)4-5-9(10)17-12(18)11-7(2)16-13(15)19-11/h4-6H,3H2,1-2H3,(H2,15,16). The van der Waals surface area contributed by atoms with E-state index in [0.29, 0.717) is 10.2 Å². The lowest BCUT2D eigenvalue weighted by molar-refractivity contribution is 0.797. The molecule has 2 heterocycles. The Hall–Kier alpha value is -1.59. The Morgan fingerprint density at radius 1 is 1.37 bits per heavy atom. The first kappa shape index (κ1) is 12.4. The summed E-state index contributed by atoms with van der Waals surface area (Å²) in [7, 11) is 0. The molecule has 0 saturated carbocycles. The van der Waals surface area contributed by atoms with Crippen LogP contribution >= 0.6 is 22.9 Å². The van der Waals surface area contributed by atoms with E-state index in [4.69, 9.17) is 17.3 Å². The number of nitrogen functional groups attached to an aromatic ring is 1. The van der Waals surface area contributed by atoms with Crippen molar-refractivity contribution >= 4 is 39.1 Å². The first-order chi connectivity index (χ1) is 9.10. The molecule has 6 heteroatoms. The Bertz CT molecular complexity index is 759. The van der Waals surface area contributed by atoms with Gasteiger partial charge in [-0.1, -0.05) is 22.9 Å². The van der Waals surface area contributed by atoms with Gasteiger partial charge in [0.25, 0.3) is 0 Å². The van der Waals surface area contributed by atoms with Crippen molar-refractivity contribution in [2.75, 3.05) is 5.73 Å². The molecule has 1 aromatic carbocycles. The van der Waals surface area contributed by atoms with Gasteiger partial charge in [-0.15, -0.1) is 0 Å². The van der Waals surface area contributed by atoms with Crippen LogP contribution in [0.3, 0.4) is 0 Å². The summed E-state index contributed by atoms with van der Waals surface area (Å²) < 4.78 is 2.14. The zero-order valence-corrected chi connectivity index (χ0v) is 12.2. The predicted molar refractivity (Wildman–Crippen MR) is 80.7 cm³/mol. The molecule has 0 aliphatic carbocycles. The number of rotatable bonds is 2. The van der Waals surface area contributed by atoms with E-state index in [-0.39, 0.29) is 0 Å². The lowest BCUT2D eigenvalue weighted by Gasteiger charge is -2.04. The van der Waals surface area contributed by atoms with Crippen molar-refractivity contribution in [2.24, 2.45) is 0 Å². The first-order valence-corrected chi connectivity index (χ1v) is 7.18. The molecule has 19 heavy (non-hydrogen) atoms. The minimum Gasteiger partial charge on any atom is -0.375 e. The molecule has 2 N–H and O–H groups in total. The van der Waals surface area contributed by atoms with E-state index in [9.17, 15) is 0 Å². The summed E-state index contributed by atoms with van der Waals surface area (Å²) in [6.07, 6.45) is 0. The number of fused-ring (bicyclic) bond motifs is 1. The summed E-state index contributed by atoms with van der Waals surface area (Å²) in [6, 6.07) is 5.73. The van der Waals surface area contributed by atoms with Gasteiger partial charge in [0.1, 0.15) is 0 Å². The zero-order chi connectivity index (χ0) is 13.6. The Labute approximate surface area is 119 Å². The number of aromatic nitrogens is 3. The van der Waals surface area contributed by atoms with E-state index in [1.165, 1.54) is 11.3 Å². The highest BCUT2D eigenvalue weighted by Gasteiger charge is 2.16. The average Bonchev–Trinajstić information content (AvgIpc) is 2.88. The molecule has 0 spiro atoms. The van der Waals surface area contributed by atoms with Gasteiger partial charge < -0.3 is 10.3 Å². The highest BCUT2D eigenvalue weighted by atomic mass is 35.5. The monoisotopic (exact) mass is 292 g/mol. The van der Waals surface area contributed by atoms with Crippen LogP contribution in [0, 0.1) is 6.92 Å². The Morgan fingerprint density at radius 2 is 2.16 bits per heavy atom. The number of aryl methyl sites for hydroxylation is 2. The zero-order valence-electron chi connectivity index (χ0n) is 10.6. The number of anilines is 1. The molecule has 0 radical (unpaired) electrons. The minimum atomic E-state index is 0.570. The predicted octanol–water partition coefficient (Wildman–Crippen LogP) is 3.72. The van der Waals surface area contributed by atoms with E-state index in [1.807, 2.05) is 25.1 Å². The van der Waals surface area contributed by atoms with Gasteiger partial charge in [-0.3, -0.25) is 0 Å². The van der Waals surface area contributed by atoms with Gasteiger partial charge in [-0.2, -0.15) is 0 Å². The third-order valence-corrected chi connectivity index (χ3v) is 4.26. The largest absolute Gasteiger partial charge is 0.375 e. The Morgan fingerprint density at radius 3 is 2.79 bits per heavy atom. The number of halogens is 1. The molecule has 3 rings (SSSR count). The van der Waals surface area contributed by atoms with Crippen LogP contribution in [0.2, 0.25) is 5.02 Å². The van der Waals surface area contributed by atoms with Gasteiger partial charge in [0, 0.05) is 11.6 Å². The van der Waals surface area contributed by atoms with Crippen molar-refractivity contribution in [1.82, 2.24) is 14.5 Å². The van der Waals surface area contributed by atoms with Crippen LogP contribution in [0.1, 0.15) is 12.6 Å². The van der Waals surface area contributed by atoms with Crippen molar-refractivity contribution in [3.8, 4) is 10.7 Å². The van der Waals surface area contributed by atoms with Crippen LogP contribution in [0.25, 0.3) is 21.7 Å². The molecule has 0 unspecified atom stereocenters. The van der Waals surface area contributed by atoms with E-state index < -0.39 is 0 Å². The maximum absolute atomic E-state index is 6.07. The lowest BCUT2D eigenvalue weighted by Crippen LogP contribution is -1.97. The fraction of sp³-hybridized carbons (Fsp3) is 0.231. The number of nitrogens with zero attached hydrogens (tertiary/aromatic N) is 3. The summed E-state index contributed by atoms with van der Waals surface area (Å²) in [5.74, 6) is 0.909. The molecular weight excluding hydrogens is 280 g/mol. The molecule has 2 aromatic heterocycles. The molecule has 0 saturated heterocycles. The number of imidazole rings is 1. The minimum absolute atomic E-state index is 0.570. The number of nitrogens with two attached hydrogens (primary N) is 1. The van der Waals surface area contributed by atoms with Gasteiger partial charge >= 0.3 is 0 Å². The van der Waals surface area contributed by atoms with Crippen LogP contribution in [-0.2, 0) is 6.54 Å². The second-order valence-electron chi connectivity index (χ2n) is 4.28. The molecule has 0 atom stereocenters. The van der Waals surface area contributed by atoms with Gasteiger partial charge in [-0.05, 0) is 32.0 Å². The summed E-state index contributed by atoms with van der Waals surface area (Å²) in [4.78, 5) is 9.98. The normalized spacial score (nSPS) is 11.3. The van der Waals surface area contributed by atoms with Crippen molar-refractivity contribution in [2.45, 2.75) is 20.4 Å². The highest BCUT2D eigenvalue weighted by molar-refractivity contribution is 7.18. The average molecular weight is 293 g/mol. The maximum atomic E-state index is 6.07. The van der Waals surface area contributed by atoms with E-state index in [1.54, 1.807) is 0 Å². The van der Waals surface area contributed by atoms with Crippen LogP contribution in [0.4, 0.5) is 5.13 Å². The number of hydrogen-bond acceptors (Lipinski definition) is 4. The molecule has 98 valence electrons. The second kappa shape index (κ2) is 4.51. The van der Waals surface area contributed by atoms with Crippen molar-refractivity contribution in [3.63, 3.8) is 0 Å². The topological polar surface area (TPSA) is 56.7 Å². The fourth-order valence-corrected chi connectivity index (χ4v) is 3.21. The summed E-state index contributed by atoms with van der Waals surface area (Å²) >= 11 is 7.53. The van der Waals surface area contributed by atoms with E-state index in [0.717, 1.165) is 34.0 Å². The fourth-order valence-electron chi connectivity index (χ4n) is 2.21. The van der Waals surface area contributed by atoms with Crippen LogP contribution in [0.15, 0.2) is 18.2 Å². The molecule has 0 fully saturated rings. The van der Waals surface area contributed by atoms with Crippen LogP contribution < -0.4 is 5.73 Å². The van der Waals surface area contributed by atoms with Gasteiger partial charge in [0.15, 0.2) is 11.0 Å². The smallest absolute Gasteiger partial charge is 0.180 e. The van der Waals surface area contributed by atoms with E-state index in [2.05, 4.69) is 21.5 Å². The van der Waals surface area contributed by atoms with Crippen LogP contribution in [-0.4, -0.2) is 14.5 Å². The number of hydrogen-bond donors (Lipinski definition) is 1. The molecule has 0 aliphatic rings. The molecule has 4 nitrogen and oxygen atoms in total. The second-order valence-corrected chi connectivity index (χ2v) is 5.75. The van der Waals surface area contributed by atoms with Gasteiger partial charge in [0.05, 0.1) is 21.6 Å². The van der Waals surface area contributed by atoms with Gasteiger partial charge in [-0.25, -0.2) is 9.97 Å². The molecule has 0 amide bonds. The molecule has 3 aromatic rings. The summed E-state index contributed by atoms with van der Waals surface area (Å²) in [5, 5.41) is 1.29. The quantitative estimate of drug-likeness (QED) is 0.783. The lowest BCUT2D eigenvalue weighted by atomic mass is 10.3. The highest BCUT2D eigenvalue weighted by Crippen LogP contribution is 2.33. The van der Waals surface area contributed by atoms with E-state index >= 15 is 0 Å². The Kier molecular flexibility index (Phi) is 2.95. The number of benzene rings is 1. The third kappa shape index (κ3) is 1.99. The molecular formula is C13H13ClN4S. The third-order valence-electron chi connectivity index (χ3n) is 3.04. The first-order valence-electron chi connectivity index (χ1n) is 5.99.